The van der Waals surface area contributed by atoms with Gasteiger partial charge in [-0.15, -0.1) is 0 Å². The highest BCUT2D eigenvalue weighted by Crippen LogP contribution is 2.32. The van der Waals surface area contributed by atoms with Crippen molar-refractivity contribution in [2.75, 3.05) is 0 Å². The summed E-state index contributed by atoms with van der Waals surface area (Å²) in [6.07, 6.45) is 4.20. The van der Waals surface area contributed by atoms with E-state index in [1.165, 1.54) is 0 Å². The minimum Gasteiger partial charge on any atom is -0.490 e. The molecule has 0 saturated carbocycles. The van der Waals surface area contributed by atoms with E-state index in [1.807, 2.05) is 67.6 Å². The fourth-order valence-corrected chi connectivity index (χ4v) is 5.59. The van der Waals surface area contributed by atoms with Gasteiger partial charge in [0.25, 0.3) is 5.56 Å². The summed E-state index contributed by atoms with van der Waals surface area (Å²) in [6, 6.07) is 21.8. The summed E-state index contributed by atoms with van der Waals surface area (Å²) in [4.78, 5) is 33.2. The lowest BCUT2D eigenvalue weighted by Crippen LogP contribution is -2.28. The van der Waals surface area contributed by atoms with Crippen molar-refractivity contribution in [3.8, 4) is 34.0 Å². The minimum atomic E-state index is -0.593. The van der Waals surface area contributed by atoms with E-state index in [-0.39, 0.29) is 11.7 Å². The number of fused-ring (bicyclic) bond motifs is 1. The smallest absolute Gasteiger partial charge is 0.439 e. The number of nitrogens with zero attached hydrogens (tertiary/aromatic N) is 3. The molecule has 0 bridgehead atoms. The Morgan fingerprint density at radius 1 is 1.02 bits per heavy atom. The highest BCUT2D eigenvalue weighted by atomic mass is 16.5. The largest absolute Gasteiger partial charge is 0.490 e. The van der Waals surface area contributed by atoms with Crippen LogP contribution < -0.4 is 16.1 Å². The van der Waals surface area contributed by atoms with Crippen molar-refractivity contribution in [3.05, 3.63) is 116 Å². The molecule has 0 spiro atoms. The van der Waals surface area contributed by atoms with Gasteiger partial charge in [-0.1, -0.05) is 67.0 Å². The van der Waals surface area contributed by atoms with Gasteiger partial charge in [0.05, 0.1) is 11.4 Å². The van der Waals surface area contributed by atoms with Crippen LogP contribution in [0.3, 0.4) is 0 Å². The first-order valence-corrected chi connectivity index (χ1v) is 14.1. The summed E-state index contributed by atoms with van der Waals surface area (Å²) >= 11 is 0. The molecule has 3 heterocycles. The van der Waals surface area contributed by atoms with E-state index < -0.39 is 5.76 Å². The molecule has 1 atom stereocenters. The molecule has 5 aromatic rings. The number of nitrogens with one attached hydrogen (secondary N) is 1. The number of aromatic amines is 1. The van der Waals surface area contributed by atoms with E-state index in [2.05, 4.69) is 30.1 Å². The topological polar surface area (TPSA) is 103 Å². The average Bonchev–Trinajstić information content (AvgIpc) is 3.58. The predicted octanol–water partition coefficient (Wildman–Crippen LogP) is 5.81. The first kappa shape index (κ1) is 26.5. The number of ether oxygens (including phenoxy) is 1. The van der Waals surface area contributed by atoms with Gasteiger partial charge in [0.2, 0.25) is 0 Å². The highest BCUT2D eigenvalue weighted by Gasteiger charge is 2.22. The summed E-state index contributed by atoms with van der Waals surface area (Å²) in [6.45, 7) is 6.10. The molecule has 41 heavy (non-hydrogen) atoms. The summed E-state index contributed by atoms with van der Waals surface area (Å²) in [5.74, 6) is 1.36. The standard InChI is InChI=1S/C33H32N4O4/c1-4-5-10-29-28(32(38)37(21(3)34-29)25-15-16-30-24(19-25)17-20(2)40-30)18-22-11-13-23(14-12-22)26-8-6-7-9-27(26)31-35-33(39)41-36-31/h6-9,11-16,19-20H,4-5,10,17-18H2,1-3H3,(H,35,36,39). The second-order valence-electron chi connectivity index (χ2n) is 10.6. The Balaban J connectivity index is 1.36. The second kappa shape index (κ2) is 11.0. The summed E-state index contributed by atoms with van der Waals surface area (Å²) < 4.78 is 12.3. The SMILES string of the molecule is CCCCc1nc(C)n(-c2ccc3c(c2)CC(C)O3)c(=O)c1Cc1ccc(-c2ccccc2-c2noc(=O)[nH]2)cc1. The molecule has 1 aliphatic rings. The molecule has 2 aromatic heterocycles. The van der Waals surface area contributed by atoms with E-state index in [0.29, 0.717) is 18.1 Å². The zero-order valence-corrected chi connectivity index (χ0v) is 23.4. The van der Waals surface area contributed by atoms with Gasteiger partial charge in [-0.25, -0.2) is 9.78 Å². The van der Waals surface area contributed by atoms with Gasteiger partial charge in [0.1, 0.15) is 17.7 Å². The van der Waals surface area contributed by atoms with Gasteiger partial charge in [-0.05, 0) is 67.1 Å². The van der Waals surface area contributed by atoms with Gasteiger partial charge in [0.15, 0.2) is 5.82 Å². The van der Waals surface area contributed by atoms with Crippen LogP contribution in [0.2, 0.25) is 0 Å². The van der Waals surface area contributed by atoms with E-state index in [9.17, 15) is 9.59 Å². The van der Waals surface area contributed by atoms with Crippen LogP contribution in [0.5, 0.6) is 5.75 Å². The predicted molar refractivity (Wildman–Crippen MR) is 158 cm³/mol. The monoisotopic (exact) mass is 548 g/mol. The average molecular weight is 549 g/mol. The number of H-pyrrole nitrogens is 1. The van der Waals surface area contributed by atoms with Crippen molar-refractivity contribution in [2.24, 2.45) is 0 Å². The first-order chi connectivity index (χ1) is 19.9. The van der Waals surface area contributed by atoms with Gasteiger partial charge >= 0.3 is 5.76 Å². The van der Waals surface area contributed by atoms with Crippen LogP contribution in [0.15, 0.2) is 80.8 Å². The quantitative estimate of drug-likeness (QED) is 0.263. The molecule has 8 nitrogen and oxygen atoms in total. The zero-order valence-electron chi connectivity index (χ0n) is 23.4. The molecule has 1 N–H and O–H groups in total. The summed E-state index contributed by atoms with van der Waals surface area (Å²) in [5, 5.41) is 3.86. The highest BCUT2D eigenvalue weighted by molar-refractivity contribution is 5.80. The van der Waals surface area contributed by atoms with E-state index in [4.69, 9.17) is 14.2 Å². The lowest BCUT2D eigenvalue weighted by atomic mass is 9.96. The molecule has 0 radical (unpaired) electrons. The van der Waals surface area contributed by atoms with Gasteiger partial charge in [-0.2, -0.15) is 0 Å². The Labute approximate surface area is 237 Å². The fourth-order valence-electron chi connectivity index (χ4n) is 5.59. The first-order valence-electron chi connectivity index (χ1n) is 14.1. The maximum atomic E-state index is 14.1. The van der Waals surface area contributed by atoms with Crippen LogP contribution in [0, 0.1) is 6.92 Å². The van der Waals surface area contributed by atoms with Crippen LogP contribution in [0.25, 0.3) is 28.2 Å². The minimum absolute atomic E-state index is 0.0278. The van der Waals surface area contributed by atoms with Gasteiger partial charge in [-0.3, -0.25) is 18.9 Å². The molecule has 6 rings (SSSR count). The second-order valence-corrected chi connectivity index (χ2v) is 10.6. The number of hydrogen-bond acceptors (Lipinski definition) is 6. The summed E-state index contributed by atoms with van der Waals surface area (Å²) in [7, 11) is 0. The van der Waals surface area contributed by atoms with E-state index in [0.717, 1.165) is 76.2 Å². The molecule has 1 unspecified atom stereocenters. The molecule has 0 aliphatic carbocycles. The molecule has 0 saturated heterocycles. The molecule has 208 valence electrons. The van der Waals surface area contributed by atoms with E-state index >= 15 is 0 Å². The van der Waals surface area contributed by atoms with Crippen molar-refractivity contribution >= 4 is 0 Å². The van der Waals surface area contributed by atoms with Crippen molar-refractivity contribution < 1.29 is 9.26 Å². The van der Waals surface area contributed by atoms with Crippen molar-refractivity contribution in [1.82, 2.24) is 19.7 Å². The number of rotatable bonds is 8. The third-order valence-corrected chi connectivity index (χ3v) is 7.60. The molecule has 0 fully saturated rings. The van der Waals surface area contributed by atoms with Crippen molar-refractivity contribution in [2.45, 2.75) is 59.0 Å². The molecular formula is C33H32N4O4. The Hall–Kier alpha value is -4.72. The summed E-state index contributed by atoms with van der Waals surface area (Å²) in [5.41, 5.74) is 7.17. The number of aromatic nitrogens is 4. The van der Waals surface area contributed by atoms with Crippen LogP contribution in [0.1, 0.15) is 54.9 Å². The molecule has 8 heteroatoms. The number of aryl methyl sites for hydroxylation is 2. The van der Waals surface area contributed by atoms with Crippen molar-refractivity contribution in [1.29, 1.82) is 0 Å². The maximum Gasteiger partial charge on any atom is 0.439 e. The number of hydrogen-bond donors (Lipinski definition) is 1. The molecule has 1 aliphatic heterocycles. The Bertz CT molecular complexity index is 1830. The lowest BCUT2D eigenvalue weighted by Gasteiger charge is -2.16. The third-order valence-electron chi connectivity index (χ3n) is 7.60. The van der Waals surface area contributed by atoms with E-state index in [1.54, 1.807) is 4.57 Å². The van der Waals surface area contributed by atoms with Crippen LogP contribution in [-0.4, -0.2) is 25.8 Å². The maximum absolute atomic E-state index is 14.1. The van der Waals surface area contributed by atoms with Crippen LogP contribution in [0.4, 0.5) is 0 Å². The zero-order chi connectivity index (χ0) is 28.5. The third kappa shape index (κ3) is 5.25. The fraction of sp³-hybridized carbons (Fsp3) is 0.273. The Morgan fingerprint density at radius 3 is 2.54 bits per heavy atom. The van der Waals surface area contributed by atoms with Crippen LogP contribution >= 0.6 is 0 Å². The lowest BCUT2D eigenvalue weighted by molar-refractivity contribution is 0.254. The van der Waals surface area contributed by atoms with Gasteiger partial charge in [0, 0.05) is 24.0 Å². The van der Waals surface area contributed by atoms with Crippen LogP contribution in [-0.2, 0) is 19.3 Å². The Morgan fingerprint density at radius 2 is 1.80 bits per heavy atom. The Kier molecular flexibility index (Phi) is 7.14. The van der Waals surface area contributed by atoms with Gasteiger partial charge < -0.3 is 4.74 Å². The number of unbranched alkanes of at least 4 members (excludes halogenated alkanes) is 1. The molecule has 0 amide bonds. The molecule has 3 aromatic carbocycles. The normalized spacial score (nSPS) is 14.2. The van der Waals surface area contributed by atoms with Crippen molar-refractivity contribution in [3.63, 3.8) is 0 Å². The molecular weight excluding hydrogens is 516 g/mol. The number of benzene rings is 3.